The number of carbonyl (C=O) groups excluding carboxylic acids is 1. The van der Waals surface area contributed by atoms with Crippen molar-refractivity contribution in [3.8, 4) is 0 Å². The Bertz CT molecular complexity index is 96.7. The summed E-state index contributed by atoms with van der Waals surface area (Å²) in [7, 11) is 1.63. The zero-order chi connectivity index (χ0) is 6.41. The summed E-state index contributed by atoms with van der Waals surface area (Å²) in [5.41, 5.74) is 0. The summed E-state index contributed by atoms with van der Waals surface area (Å²) in [6.45, 7) is 1.89. The largest absolute Gasteiger partial charge is 0.359 e. The molecule has 0 saturated carbocycles. The number of amides is 1. The molecule has 0 rings (SSSR count). The number of hydrogen-bond donors (Lipinski definition) is 1. The second-order valence-electron chi connectivity index (χ2n) is 1.45. The van der Waals surface area contributed by atoms with Crippen LogP contribution in [0.25, 0.3) is 0 Å². The summed E-state index contributed by atoms with van der Waals surface area (Å²) < 4.78 is 0. The van der Waals surface area contributed by atoms with E-state index in [4.69, 9.17) is 0 Å². The van der Waals surface area contributed by atoms with Crippen molar-refractivity contribution in [1.82, 2.24) is 5.32 Å². The number of nitrogens with one attached hydrogen (secondary N) is 1. The fraction of sp³-hybridized carbons (Fsp3) is 0.500. The molecular formula is C6H11NO. The maximum Gasteiger partial charge on any atom is 0.223 e. The van der Waals surface area contributed by atoms with Gasteiger partial charge in [0.2, 0.25) is 5.91 Å². The van der Waals surface area contributed by atoms with E-state index in [1.54, 1.807) is 7.05 Å². The van der Waals surface area contributed by atoms with Crippen molar-refractivity contribution in [2.45, 2.75) is 13.3 Å². The van der Waals surface area contributed by atoms with Crippen molar-refractivity contribution in [2.75, 3.05) is 7.05 Å². The molecule has 0 spiro atoms. The van der Waals surface area contributed by atoms with Gasteiger partial charge in [0.1, 0.15) is 0 Å². The van der Waals surface area contributed by atoms with Gasteiger partial charge in [-0.25, -0.2) is 0 Å². The molecule has 0 unspecified atom stereocenters. The molecule has 8 heavy (non-hydrogen) atoms. The molecule has 0 aromatic heterocycles. The number of hydrogen-bond acceptors (Lipinski definition) is 1. The van der Waals surface area contributed by atoms with Crippen molar-refractivity contribution in [3.05, 3.63) is 12.2 Å². The second-order valence-corrected chi connectivity index (χ2v) is 1.45. The van der Waals surface area contributed by atoms with E-state index in [9.17, 15) is 4.79 Å². The van der Waals surface area contributed by atoms with Crippen LogP contribution in [0.5, 0.6) is 0 Å². The van der Waals surface area contributed by atoms with E-state index >= 15 is 0 Å². The normalized spacial score (nSPS) is 9.75. The molecule has 0 aliphatic heterocycles. The minimum absolute atomic E-state index is 0.0584. The van der Waals surface area contributed by atoms with Gasteiger partial charge in [0.15, 0.2) is 0 Å². The number of allylic oxidation sites excluding steroid dienone is 1. The Kier molecular flexibility index (Phi) is 3.94. The monoisotopic (exact) mass is 113 g/mol. The Balaban J connectivity index is 3.25. The lowest BCUT2D eigenvalue weighted by Gasteiger charge is -1.89. The molecule has 0 aromatic rings. The molecule has 0 atom stereocenters. The molecule has 2 nitrogen and oxygen atoms in total. The predicted molar refractivity (Wildman–Crippen MR) is 33.5 cm³/mol. The van der Waals surface area contributed by atoms with Crippen LogP contribution in [-0.4, -0.2) is 13.0 Å². The maximum atomic E-state index is 10.4. The summed E-state index contributed by atoms with van der Waals surface area (Å²) >= 11 is 0. The average Bonchev–Trinajstić information content (AvgIpc) is 1.83. The summed E-state index contributed by atoms with van der Waals surface area (Å²) in [6.07, 6.45) is 4.17. The van der Waals surface area contributed by atoms with Gasteiger partial charge in [-0.15, -0.1) is 0 Å². The highest BCUT2D eigenvalue weighted by Gasteiger charge is 1.88. The van der Waals surface area contributed by atoms with Crippen LogP contribution in [0, 0.1) is 0 Å². The Hall–Kier alpha value is -0.790. The molecule has 1 amide bonds. The molecule has 0 aliphatic carbocycles. The lowest BCUT2D eigenvalue weighted by Crippen LogP contribution is -2.15. The summed E-state index contributed by atoms with van der Waals surface area (Å²) in [5, 5.41) is 2.51. The zero-order valence-electron chi connectivity index (χ0n) is 5.27. The van der Waals surface area contributed by atoms with Crippen molar-refractivity contribution < 1.29 is 4.79 Å². The topological polar surface area (TPSA) is 29.1 Å². The first kappa shape index (κ1) is 7.21. The third-order valence-electron chi connectivity index (χ3n) is 0.818. The van der Waals surface area contributed by atoms with Gasteiger partial charge in [-0.05, 0) is 6.92 Å². The van der Waals surface area contributed by atoms with Gasteiger partial charge in [-0.3, -0.25) is 4.79 Å². The summed E-state index contributed by atoms with van der Waals surface area (Å²) in [5.74, 6) is 0.0584. The van der Waals surface area contributed by atoms with E-state index in [0.29, 0.717) is 6.42 Å². The first-order valence-corrected chi connectivity index (χ1v) is 2.63. The Labute approximate surface area is 49.6 Å². The molecule has 46 valence electrons. The van der Waals surface area contributed by atoms with Gasteiger partial charge in [-0.1, -0.05) is 12.2 Å². The first-order valence-electron chi connectivity index (χ1n) is 2.63. The van der Waals surface area contributed by atoms with Gasteiger partial charge >= 0.3 is 0 Å². The van der Waals surface area contributed by atoms with Crippen LogP contribution in [0.15, 0.2) is 12.2 Å². The fourth-order valence-electron chi connectivity index (χ4n) is 0.327. The average molecular weight is 113 g/mol. The van der Waals surface area contributed by atoms with Crippen LogP contribution >= 0.6 is 0 Å². The lowest BCUT2D eigenvalue weighted by molar-refractivity contribution is -0.119. The Morgan fingerprint density at radius 1 is 1.75 bits per heavy atom. The number of carbonyl (C=O) groups is 1. The molecule has 1 N–H and O–H groups in total. The van der Waals surface area contributed by atoms with Crippen LogP contribution in [0.2, 0.25) is 0 Å². The predicted octanol–water partition coefficient (Wildman–Crippen LogP) is 0.699. The van der Waals surface area contributed by atoms with Crippen molar-refractivity contribution in [2.24, 2.45) is 0 Å². The molecule has 0 aliphatic rings. The van der Waals surface area contributed by atoms with E-state index in [-0.39, 0.29) is 5.91 Å². The molecular weight excluding hydrogens is 102 g/mol. The standard InChI is InChI=1S/C6H11NO/c1-3-4-5-6(8)7-2/h3-4H,5H2,1-2H3,(H,7,8)/b4-3-. The third-order valence-corrected chi connectivity index (χ3v) is 0.818. The van der Waals surface area contributed by atoms with Gasteiger partial charge in [0.25, 0.3) is 0 Å². The summed E-state index contributed by atoms with van der Waals surface area (Å²) in [4.78, 5) is 10.4. The van der Waals surface area contributed by atoms with Crippen LogP contribution in [0.4, 0.5) is 0 Å². The van der Waals surface area contributed by atoms with Gasteiger partial charge < -0.3 is 5.32 Å². The number of rotatable bonds is 2. The third kappa shape index (κ3) is 3.40. The second kappa shape index (κ2) is 4.37. The Morgan fingerprint density at radius 2 is 2.38 bits per heavy atom. The van der Waals surface area contributed by atoms with E-state index < -0.39 is 0 Å². The van der Waals surface area contributed by atoms with Gasteiger partial charge in [0, 0.05) is 13.5 Å². The minimum Gasteiger partial charge on any atom is -0.359 e. The molecule has 0 radical (unpaired) electrons. The van der Waals surface area contributed by atoms with E-state index in [2.05, 4.69) is 5.32 Å². The van der Waals surface area contributed by atoms with Crippen LogP contribution < -0.4 is 5.32 Å². The zero-order valence-corrected chi connectivity index (χ0v) is 5.27. The smallest absolute Gasteiger partial charge is 0.223 e. The van der Waals surface area contributed by atoms with E-state index in [1.165, 1.54) is 0 Å². The maximum absolute atomic E-state index is 10.4. The minimum atomic E-state index is 0.0584. The van der Waals surface area contributed by atoms with Crippen molar-refractivity contribution >= 4 is 5.91 Å². The van der Waals surface area contributed by atoms with Crippen molar-refractivity contribution in [1.29, 1.82) is 0 Å². The van der Waals surface area contributed by atoms with Crippen LogP contribution in [0.3, 0.4) is 0 Å². The highest BCUT2D eigenvalue weighted by atomic mass is 16.1. The molecule has 2 heteroatoms. The summed E-state index contributed by atoms with van der Waals surface area (Å²) in [6, 6.07) is 0. The molecule has 0 fully saturated rings. The molecule has 0 aromatic carbocycles. The highest BCUT2D eigenvalue weighted by molar-refractivity contribution is 5.76. The van der Waals surface area contributed by atoms with Gasteiger partial charge in [-0.2, -0.15) is 0 Å². The lowest BCUT2D eigenvalue weighted by atomic mass is 10.4. The molecule has 0 saturated heterocycles. The SMILES string of the molecule is C/C=C\CC(=O)NC. The van der Waals surface area contributed by atoms with Crippen molar-refractivity contribution in [3.63, 3.8) is 0 Å². The van der Waals surface area contributed by atoms with E-state index in [0.717, 1.165) is 0 Å². The van der Waals surface area contributed by atoms with Crippen LogP contribution in [-0.2, 0) is 4.79 Å². The van der Waals surface area contributed by atoms with Gasteiger partial charge in [0.05, 0.1) is 0 Å². The van der Waals surface area contributed by atoms with E-state index in [1.807, 2.05) is 19.1 Å². The Morgan fingerprint density at radius 3 is 2.75 bits per heavy atom. The highest BCUT2D eigenvalue weighted by Crippen LogP contribution is 1.79. The first-order chi connectivity index (χ1) is 3.81. The van der Waals surface area contributed by atoms with Crippen LogP contribution in [0.1, 0.15) is 13.3 Å². The quantitative estimate of drug-likeness (QED) is 0.525. The molecule has 0 bridgehead atoms. The fourth-order valence-corrected chi connectivity index (χ4v) is 0.327. The molecule has 0 heterocycles.